The van der Waals surface area contributed by atoms with Crippen molar-refractivity contribution in [3.05, 3.63) is 0 Å². The molecule has 1 saturated heterocycles. The number of hydrogen-bond donors (Lipinski definition) is 2. The average Bonchev–Trinajstić information content (AvgIpc) is 2.80. The molecule has 1 spiro atoms. The van der Waals surface area contributed by atoms with E-state index in [0.717, 1.165) is 19.6 Å². The van der Waals surface area contributed by atoms with E-state index < -0.39 is 0 Å². The Morgan fingerprint density at radius 3 is 2.92 bits per heavy atom. The summed E-state index contributed by atoms with van der Waals surface area (Å²) >= 11 is 0. The van der Waals surface area contributed by atoms with Crippen LogP contribution >= 0.6 is 0 Å². The fraction of sp³-hybridized carbons (Fsp3) is 1.00. The van der Waals surface area contributed by atoms with Crippen molar-refractivity contribution in [2.45, 2.75) is 30.9 Å². The largest absolute Gasteiger partial charge is 0.392 e. The molecule has 0 bridgehead atoms. The highest BCUT2D eigenvalue weighted by Gasteiger charge is 2.51. The Kier molecular flexibility index (Phi) is 2.10. The van der Waals surface area contributed by atoms with E-state index in [4.69, 9.17) is 4.74 Å². The molecule has 0 aromatic carbocycles. The second kappa shape index (κ2) is 2.98. The van der Waals surface area contributed by atoms with Crippen LogP contribution in [0.25, 0.3) is 0 Å². The number of rotatable bonds is 2. The van der Waals surface area contributed by atoms with Crippen LogP contribution < -0.4 is 5.32 Å². The Morgan fingerprint density at radius 2 is 2.33 bits per heavy atom. The molecule has 1 aliphatic carbocycles. The molecule has 2 fully saturated rings. The van der Waals surface area contributed by atoms with Gasteiger partial charge >= 0.3 is 0 Å². The lowest BCUT2D eigenvalue weighted by molar-refractivity contribution is 0.0389. The van der Waals surface area contributed by atoms with Gasteiger partial charge < -0.3 is 15.2 Å². The topological polar surface area (TPSA) is 41.5 Å². The highest BCUT2D eigenvalue weighted by molar-refractivity contribution is 5.09. The molecule has 2 atom stereocenters. The molecule has 1 saturated carbocycles. The van der Waals surface area contributed by atoms with Crippen molar-refractivity contribution in [2.24, 2.45) is 5.92 Å². The van der Waals surface area contributed by atoms with Crippen LogP contribution in [0, 0.1) is 5.92 Å². The van der Waals surface area contributed by atoms with E-state index in [1.165, 1.54) is 12.8 Å². The number of methoxy groups -OCH3 is 1. The smallest absolute Gasteiger partial charge is 0.0669 e. The predicted octanol–water partition coefficient (Wildman–Crippen LogP) is 0.136. The summed E-state index contributed by atoms with van der Waals surface area (Å²) in [5.41, 5.74) is 0.342. The van der Waals surface area contributed by atoms with Crippen molar-refractivity contribution in [1.29, 1.82) is 0 Å². The van der Waals surface area contributed by atoms with E-state index in [-0.39, 0.29) is 6.10 Å². The third-order valence-corrected chi connectivity index (χ3v) is 3.18. The van der Waals surface area contributed by atoms with E-state index in [0.29, 0.717) is 11.5 Å². The van der Waals surface area contributed by atoms with E-state index in [9.17, 15) is 5.11 Å². The maximum absolute atomic E-state index is 9.45. The third kappa shape index (κ3) is 1.37. The van der Waals surface area contributed by atoms with Gasteiger partial charge in [-0.1, -0.05) is 0 Å². The molecule has 12 heavy (non-hydrogen) atoms. The fourth-order valence-corrected chi connectivity index (χ4v) is 2.25. The van der Waals surface area contributed by atoms with Gasteiger partial charge in [0.25, 0.3) is 0 Å². The molecule has 0 aromatic heterocycles. The second-order valence-corrected chi connectivity index (χ2v) is 4.08. The lowest BCUT2D eigenvalue weighted by Gasteiger charge is -2.35. The predicted molar refractivity (Wildman–Crippen MR) is 46.0 cm³/mol. The number of aliphatic hydroxyl groups excluding tert-OH is 1. The van der Waals surface area contributed by atoms with Gasteiger partial charge in [0.1, 0.15) is 0 Å². The standard InChI is InChI=1S/C9H17NO2/c1-12-6-7-4-8(11)5-10-9(7)2-3-9/h7-8,10-11H,2-6H2,1H3. The van der Waals surface area contributed by atoms with Crippen LogP contribution in [0.15, 0.2) is 0 Å². The Labute approximate surface area is 73.1 Å². The first-order chi connectivity index (χ1) is 5.77. The van der Waals surface area contributed by atoms with Crippen molar-refractivity contribution >= 4 is 0 Å². The molecule has 0 radical (unpaired) electrons. The normalized spacial score (nSPS) is 38.5. The SMILES string of the molecule is COCC1CC(O)CNC12CC2. The van der Waals surface area contributed by atoms with Gasteiger partial charge in [-0.05, 0) is 19.3 Å². The van der Waals surface area contributed by atoms with Gasteiger partial charge in [0, 0.05) is 25.1 Å². The van der Waals surface area contributed by atoms with Crippen LogP contribution in [0.5, 0.6) is 0 Å². The molecular formula is C9H17NO2. The van der Waals surface area contributed by atoms with Gasteiger partial charge in [-0.2, -0.15) is 0 Å². The van der Waals surface area contributed by atoms with E-state index in [1.54, 1.807) is 7.11 Å². The molecule has 2 unspecified atom stereocenters. The summed E-state index contributed by atoms with van der Waals surface area (Å²) in [5.74, 6) is 0.520. The molecule has 3 heteroatoms. The van der Waals surface area contributed by atoms with E-state index in [2.05, 4.69) is 5.32 Å². The Hall–Kier alpha value is -0.120. The molecule has 2 rings (SSSR count). The highest BCUT2D eigenvalue weighted by atomic mass is 16.5. The zero-order valence-corrected chi connectivity index (χ0v) is 7.55. The molecule has 3 nitrogen and oxygen atoms in total. The number of nitrogens with one attached hydrogen (secondary N) is 1. The van der Waals surface area contributed by atoms with Crippen molar-refractivity contribution in [1.82, 2.24) is 5.32 Å². The minimum Gasteiger partial charge on any atom is -0.392 e. The minimum atomic E-state index is -0.170. The minimum absolute atomic E-state index is 0.170. The van der Waals surface area contributed by atoms with Gasteiger partial charge in [-0.15, -0.1) is 0 Å². The van der Waals surface area contributed by atoms with Crippen molar-refractivity contribution < 1.29 is 9.84 Å². The zero-order chi connectivity index (χ0) is 8.60. The number of aliphatic hydroxyl groups is 1. The van der Waals surface area contributed by atoms with Crippen LogP contribution in [0.3, 0.4) is 0 Å². The molecule has 70 valence electrons. The third-order valence-electron chi connectivity index (χ3n) is 3.18. The number of ether oxygens (including phenoxy) is 1. The molecular weight excluding hydrogens is 154 g/mol. The van der Waals surface area contributed by atoms with Gasteiger partial charge in [-0.3, -0.25) is 0 Å². The van der Waals surface area contributed by atoms with Crippen LogP contribution in [-0.2, 0) is 4.74 Å². The number of hydrogen-bond acceptors (Lipinski definition) is 3. The van der Waals surface area contributed by atoms with Gasteiger partial charge in [0.15, 0.2) is 0 Å². The fourth-order valence-electron chi connectivity index (χ4n) is 2.25. The number of piperidine rings is 1. The van der Waals surface area contributed by atoms with Crippen LogP contribution in [-0.4, -0.2) is 37.0 Å². The molecule has 2 aliphatic rings. The van der Waals surface area contributed by atoms with Crippen molar-refractivity contribution in [2.75, 3.05) is 20.3 Å². The van der Waals surface area contributed by atoms with Gasteiger partial charge in [-0.25, -0.2) is 0 Å². The average molecular weight is 171 g/mol. The molecule has 2 N–H and O–H groups in total. The van der Waals surface area contributed by atoms with Crippen molar-refractivity contribution in [3.8, 4) is 0 Å². The first-order valence-corrected chi connectivity index (χ1v) is 4.69. The van der Waals surface area contributed by atoms with Gasteiger partial charge in [0.2, 0.25) is 0 Å². The maximum Gasteiger partial charge on any atom is 0.0669 e. The summed E-state index contributed by atoms with van der Waals surface area (Å²) in [7, 11) is 1.73. The summed E-state index contributed by atoms with van der Waals surface area (Å²) in [6.45, 7) is 1.55. The lowest BCUT2D eigenvalue weighted by atomic mass is 9.88. The lowest BCUT2D eigenvalue weighted by Crippen LogP contribution is -2.51. The summed E-state index contributed by atoms with van der Waals surface area (Å²) in [6.07, 6.45) is 3.25. The maximum atomic E-state index is 9.45. The summed E-state index contributed by atoms with van der Waals surface area (Å²) < 4.78 is 5.15. The first kappa shape index (κ1) is 8.48. The second-order valence-electron chi connectivity index (χ2n) is 4.08. The number of β-amino-alcohol motifs (C(OH)–C–C–N with tert-alkyl or cyclic N) is 1. The van der Waals surface area contributed by atoms with Crippen LogP contribution in [0.2, 0.25) is 0 Å². The van der Waals surface area contributed by atoms with E-state index >= 15 is 0 Å². The quantitative estimate of drug-likeness (QED) is 0.621. The molecule has 1 heterocycles. The Balaban J connectivity index is 1.96. The summed E-state index contributed by atoms with van der Waals surface area (Å²) in [6, 6.07) is 0. The molecule has 1 aliphatic heterocycles. The zero-order valence-electron chi connectivity index (χ0n) is 7.55. The Morgan fingerprint density at radius 1 is 1.58 bits per heavy atom. The molecule has 0 aromatic rings. The van der Waals surface area contributed by atoms with Gasteiger partial charge in [0.05, 0.1) is 12.7 Å². The van der Waals surface area contributed by atoms with E-state index in [1.807, 2.05) is 0 Å². The highest BCUT2D eigenvalue weighted by Crippen LogP contribution is 2.46. The summed E-state index contributed by atoms with van der Waals surface area (Å²) in [5, 5.41) is 12.9. The molecule has 0 amide bonds. The first-order valence-electron chi connectivity index (χ1n) is 4.69. The van der Waals surface area contributed by atoms with Crippen molar-refractivity contribution in [3.63, 3.8) is 0 Å². The monoisotopic (exact) mass is 171 g/mol. The van der Waals surface area contributed by atoms with Crippen LogP contribution in [0.4, 0.5) is 0 Å². The van der Waals surface area contributed by atoms with Crippen LogP contribution in [0.1, 0.15) is 19.3 Å². The summed E-state index contributed by atoms with van der Waals surface area (Å²) in [4.78, 5) is 0. The Bertz CT molecular complexity index is 168.